The van der Waals surface area contributed by atoms with Gasteiger partial charge in [-0.15, -0.1) is 0 Å². The quantitative estimate of drug-likeness (QED) is 0.691. The molecule has 1 saturated heterocycles. The predicted molar refractivity (Wildman–Crippen MR) is 86.0 cm³/mol. The molecule has 1 fully saturated rings. The molecule has 0 atom stereocenters. The molecule has 2 rings (SSSR count). The van der Waals surface area contributed by atoms with Gasteiger partial charge in [-0.3, -0.25) is 4.79 Å². The normalized spacial score (nSPS) is 19.2. The van der Waals surface area contributed by atoms with E-state index in [0.29, 0.717) is 12.7 Å². The van der Waals surface area contributed by atoms with Crippen LogP contribution in [0.1, 0.15) is 33.6 Å². The molecule has 0 aromatic carbocycles. The Labute approximate surface area is 128 Å². The van der Waals surface area contributed by atoms with E-state index >= 15 is 0 Å². The van der Waals surface area contributed by atoms with Gasteiger partial charge in [-0.25, -0.2) is 4.39 Å². The van der Waals surface area contributed by atoms with E-state index in [4.69, 9.17) is 4.74 Å². The topological polar surface area (TPSA) is 29.5 Å². The molecule has 0 aromatic heterocycles. The SMILES string of the molecule is CC.CC1=CCC=C(F)C(C=O)=C1.CN1CCCOCC1. The number of carbonyl (C=O) groups is 1. The summed E-state index contributed by atoms with van der Waals surface area (Å²) in [6.45, 7) is 10.00. The van der Waals surface area contributed by atoms with Crippen LogP contribution in [0, 0.1) is 0 Å². The lowest BCUT2D eigenvalue weighted by Crippen LogP contribution is -2.20. The zero-order valence-electron chi connectivity index (χ0n) is 13.7. The number of rotatable bonds is 1. The van der Waals surface area contributed by atoms with Crippen molar-refractivity contribution < 1.29 is 13.9 Å². The Kier molecular flexibility index (Phi) is 11.7. The molecule has 0 spiro atoms. The van der Waals surface area contributed by atoms with Gasteiger partial charge in [0.1, 0.15) is 5.83 Å². The van der Waals surface area contributed by atoms with Crippen molar-refractivity contribution in [3.05, 3.63) is 35.2 Å². The first kappa shape index (κ1) is 19.7. The third-order valence-electron chi connectivity index (χ3n) is 2.97. The summed E-state index contributed by atoms with van der Waals surface area (Å²) < 4.78 is 18.0. The number of aldehydes is 1. The van der Waals surface area contributed by atoms with Gasteiger partial charge in [0.25, 0.3) is 0 Å². The molecule has 0 radical (unpaired) electrons. The highest BCUT2D eigenvalue weighted by molar-refractivity contribution is 5.80. The van der Waals surface area contributed by atoms with Crippen LogP contribution in [0.3, 0.4) is 0 Å². The van der Waals surface area contributed by atoms with Crippen LogP contribution in [0.5, 0.6) is 0 Å². The highest BCUT2D eigenvalue weighted by Crippen LogP contribution is 2.16. The van der Waals surface area contributed by atoms with Crippen LogP contribution in [0.4, 0.5) is 4.39 Å². The van der Waals surface area contributed by atoms with Crippen LogP contribution < -0.4 is 0 Å². The number of ether oxygens (including phenoxy) is 1. The summed E-state index contributed by atoms with van der Waals surface area (Å²) >= 11 is 0. The highest BCUT2D eigenvalue weighted by atomic mass is 19.1. The van der Waals surface area contributed by atoms with Crippen molar-refractivity contribution in [3.8, 4) is 0 Å². The van der Waals surface area contributed by atoms with Crippen molar-refractivity contribution in [2.24, 2.45) is 0 Å². The number of allylic oxidation sites excluding steroid dienone is 6. The lowest BCUT2D eigenvalue weighted by atomic mass is 10.2. The van der Waals surface area contributed by atoms with E-state index in [-0.39, 0.29) is 5.57 Å². The minimum absolute atomic E-state index is 0.135. The van der Waals surface area contributed by atoms with E-state index in [1.54, 1.807) is 6.08 Å². The Balaban J connectivity index is 0.000000354. The van der Waals surface area contributed by atoms with E-state index < -0.39 is 5.83 Å². The minimum atomic E-state index is -0.423. The molecule has 1 aliphatic carbocycles. The van der Waals surface area contributed by atoms with E-state index in [1.165, 1.54) is 19.0 Å². The zero-order valence-corrected chi connectivity index (χ0v) is 13.7. The van der Waals surface area contributed by atoms with Gasteiger partial charge in [0.05, 0.1) is 6.61 Å². The fourth-order valence-electron chi connectivity index (χ4n) is 1.80. The summed E-state index contributed by atoms with van der Waals surface area (Å²) in [5.74, 6) is -0.423. The Morgan fingerprint density at radius 1 is 1.24 bits per heavy atom. The van der Waals surface area contributed by atoms with E-state index in [2.05, 4.69) is 11.9 Å². The first-order valence-electron chi connectivity index (χ1n) is 7.59. The molecule has 21 heavy (non-hydrogen) atoms. The van der Waals surface area contributed by atoms with Crippen molar-refractivity contribution in [3.63, 3.8) is 0 Å². The molecule has 0 N–H and O–H groups in total. The van der Waals surface area contributed by atoms with Crippen molar-refractivity contribution in [2.75, 3.05) is 33.4 Å². The number of hydrogen-bond acceptors (Lipinski definition) is 3. The highest BCUT2D eigenvalue weighted by Gasteiger charge is 2.04. The van der Waals surface area contributed by atoms with Crippen LogP contribution >= 0.6 is 0 Å². The third-order valence-corrected chi connectivity index (χ3v) is 2.97. The standard InChI is InChI=1S/C9H9FO.C6H13NO.C2H6/c1-7-3-2-4-9(10)8(5-7)6-11;1-7-3-2-5-8-6-4-7;1-2/h3-6H,2H2,1H3;2-6H2,1H3;1-2H3. The molecule has 3 nitrogen and oxygen atoms in total. The summed E-state index contributed by atoms with van der Waals surface area (Å²) in [6.07, 6.45) is 7.11. The number of nitrogens with zero attached hydrogens (tertiary/aromatic N) is 1. The zero-order chi connectivity index (χ0) is 16.1. The van der Waals surface area contributed by atoms with Crippen molar-refractivity contribution in [1.82, 2.24) is 4.90 Å². The summed E-state index contributed by atoms with van der Waals surface area (Å²) in [6, 6.07) is 0. The molecule has 120 valence electrons. The van der Waals surface area contributed by atoms with Gasteiger partial charge in [-0.2, -0.15) is 0 Å². The largest absolute Gasteiger partial charge is 0.380 e. The Hall–Kier alpha value is -1.26. The molecule has 4 heteroatoms. The lowest BCUT2D eigenvalue weighted by molar-refractivity contribution is -0.104. The van der Waals surface area contributed by atoms with Crippen molar-refractivity contribution in [1.29, 1.82) is 0 Å². The molecular weight excluding hydrogens is 269 g/mol. The first-order valence-corrected chi connectivity index (χ1v) is 7.59. The maximum absolute atomic E-state index is 12.8. The number of halogens is 1. The molecule has 0 saturated carbocycles. The van der Waals surface area contributed by atoms with Crippen LogP contribution in [-0.2, 0) is 9.53 Å². The van der Waals surface area contributed by atoms with Gasteiger partial charge in [-0.05, 0) is 39.0 Å². The van der Waals surface area contributed by atoms with E-state index in [1.807, 2.05) is 26.8 Å². The Morgan fingerprint density at radius 3 is 2.62 bits per heavy atom. The molecule has 0 bridgehead atoms. The third kappa shape index (κ3) is 9.32. The van der Waals surface area contributed by atoms with Crippen LogP contribution in [0.2, 0.25) is 0 Å². The molecule has 0 aromatic rings. The van der Waals surface area contributed by atoms with Gasteiger partial charge in [0.15, 0.2) is 6.29 Å². The molecular formula is C17H28FNO2. The summed E-state index contributed by atoms with van der Waals surface area (Å²) in [5, 5.41) is 0. The maximum atomic E-state index is 12.8. The second kappa shape index (κ2) is 12.5. The molecule has 1 heterocycles. The summed E-state index contributed by atoms with van der Waals surface area (Å²) in [5.41, 5.74) is 1.06. The number of likely N-dealkylation sites (N-methyl/N-ethyl adjacent to an activating group) is 1. The lowest BCUT2D eigenvalue weighted by Gasteiger charge is -2.09. The Bertz CT molecular complexity index is 378. The molecule has 0 amide bonds. The van der Waals surface area contributed by atoms with Gasteiger partial charge in [-0.1, -0.05) is 25.5 Å². The second-order valence-corrected chi connectivity index (χ2v) is 4.72. The van der Waals surface area contributed by atoms with Gasteiger partial charge in [0, 0.05) is 25.3 Å². The average Bonchev–Trinajstić information content (AvgIpc) is 2.82. The fraction of sp³-hybridized carbons (Fsp3) is 0.588. The minimum Gasteiger partial charge on any atom is -0.380 e. The second-order valence-electron chi connectivity index (χ2n) is 4.72. The van der Waals surface area contributed by atoms with Crippen molar-refractivity contribution in [2.45, 2.75) is 33.6 Å². The van der Waals surface area contributed by atoms with Crippen LogP contribution in [-0.4, -0.2) is 44.5 Å². The predicted octanol–water partition coefficient (Wildman–Crippen LogP) is 3.68. The van der Waals surface area contributed by atoms with Crippen molar-refractivity contribution >= 4 is 6.29 Å². The van der Waals surface area contributed by atoms with Gasteiger partial charge in [0.2, 0.25) is 0 Å². The summed E-state index contributed by atoms with van der Waals surface area (Å²) in [7, 11) is 2.13. The summed E-state index contributed by atoms with van der Waals surface area (Å²) in [4.78, 5) is 12.6. The number of hydrogen-bond donors (Lipinski definition) is 0. The monoisotopic (exact) mass is 297 g/mol. The number of carbonyl (C=O) groups excluding carboxylic acids is 1. The maximum Gasteiger partial charge on any atom is 0.152 e. The van der Waals surface area contributed by atoms with Gasteiger partial charge >= 0.3 is 0 Å². The van der Waals surface area contributed by atoms with E-state index in [9.17, 15) is 9.18 Å². The van der Waals surface area contributed by atoms with Crippen LogP contribution in [0.25, 0.3) is 0 Å². The molecule has 0 unspecified atom stereocenters. The average molecular weight is 297 g/mol. The van der Waals surface area contributed by atoms with Gasteiger partial charge < -0.3 is 9.64 Å². The first-order chi connectivity index (χ1) is 10.1. The smallest absolute Gasteiger partial charge is 0.152 e. The van der Waals surface area contributed by atoms with E-state index in [0.717, 1.165) is 25.3 Å². The Morgan fingerprint density at radius 2 is 1.95 bits per heavy atom. The molecule has 1 aliphatic heterocycles. The fourth-order valence-corrected chi connectivity index (χ4v) is 1.80. The van der Waals surface area contributed by atoms with Crippen LogP contribution in [0.15, 0.2) is 35.2 Å². The molecule has 2 aliphatic rings.